The lowest BCUT2D eigenvalue weighted by molar-refractivity contribution is -0.102. The summed E-state index contributed by atoms with van der Waals surface area (Å²) in [6.45, 7) is 2.56. The van der Waals surface area contributed by atoms with Gasteiger partial charge in [-0.05, 0) is 35.7 Å². The summed E-state index contributed by atoms with van der Waals surface area (Å²) in [5.74, 6) is 0.322. The van der Waals surface area contributed by atoms with Crippen molar-refractivity contribution in [3.63, 3.8) is 0 Å². The van der Waals surface area contributed by atoms with Crippen LogP contribution in [0.2, 0.25) is 0 Å². The van der Waals surface area contributed by atoms with Gasteiger partial charge in [0, 0.05) is 34.8 Å². The molecule has 2 aliphatic heterocycles. The number of benzene rings is 2. The number of H-pyrrole nitrogens is 1. The minimum absolute atomic E-state index is 0.143. The Hall–Kier alpha value is -3.42. The molecule has 4 aromatic rings. The molecule has 0 radical (unpaired) electrons. The van der Waals surface area contributed by atoms with Gasteiger partial charge in [0.05, 0.1) is 25.5 Å². The molecule has 0 spiro atoms. The quantitative estimate of drug-likeness (QED) is 0.538. The molecule has 0 bridgehead atoms. The van der Waals surface area contributed by atoms with Crippen LogP contribution < -0.4 is 10.4 Å². The van der Waals surface area contributed by atoms with E-state index in [1.807, 2.05) is 18.2 Å². The molecule has 1 unspecified atom stereocenters. The van der Waals surface area contributed by atoms with Gasteiger partial charge in [-0.25, -0.2) is 4.79 Å². The predicted octanol–water partition coefficient (Wildman–Crippen LogP) is 3.41. The number of nitrogens with one attached hydrogen (secondary N) is 1. The van der Waals surface area contributed by atoms with Crippen LogP contribution in [0.3, 0.4) is 0 Å². The van der Waals surface area contributed by atoms with Crippen molar-refractivity contribution in [2.24, 2.45) is 0 Å². The molecule has 2 aromatic carbocycles. The van der Waals surface area contributed by atoms with E-state index in [9.17, 15) is 4.79 Å². The van der Waals surface area contributed by atoms with Gasteiger partial charge in [0.15, 0.2) is 0 Å². The van der Waals surface area contributed by atoms with Crippen molar-refractivity contribution in [2.75, 3.05) is 26.4 Å². The predicted molar refractivity (Wildman–Crippen MR) is 121 cm³/mol. The molecule has 162 valence electrons. The summed E-state index contributed by atoms with van der Waals surface area (Å²) >= 11 is 0. The van der Waals surface area contributed by atoms with Crippen molar-refractivity contribution < 1.29 is 14.2 Å². The third-order valence-electron chi connectivity index (χ3n) is 6.12. The maximum absolute atomic E-state index is 12.6. The van der Waals surface area contributed by atoms with E-state index in [0.717, 1.165) is 34.5 Å². The van der Waals surface area contributed by atoms with Gasteiger partial charge in [-0.1, -0.05) is 30.3 Å². The fourth-order valence-electron chi connectivity index (χ4n) is 4.49. The highest BCUT2D eigenvalue weighted by molar-refractivity contribution is 5.86. The van der Waals surface area contributed by atoms with Crippen LogP contribution in [0.5, 0.6) is 5.88 Å². The van der Waals surface area contributed by atoms with Gasteiger partial charge in [0.25, 0.3) is 0 Å². The Morgan fingerprint density at radius 3 is 2.94 bits per heavy atom. The third-order valence-corrected chi connectivity index (χ3v) is 6.12. The Labute approximate surface area is 184 Å². The number of fused-ring (bicyclic) bond motifs is 4. The first-order valence-electron chi connectivity index (χ1n) is 10.9. The van der Waals surface area contributed by atoms with Crippen LogP contribution in [0.4, 0.5) is 0 Å². The topological polar surface area (TPSA) is 78.4 Å². The lowest BCUT2D eigenvalue weighted by atomic mass is 9.95. The van der Waals surface area contributed by atoms with Crippen LogP contribution in [0.15, 0.2) is 59.4 Å². The van der Waals surface area contributed by atoms with Crippen molar-refractivity contribution in [2.45, 2.75) is 19.1 Å². The number of nitrogens with zero attached hydrogens (tertiary/aromatic N) is 2. The van der Waals surface area contributed by atoms with Gasteiger partial charge in [-0.2, -0.15) is 4.98 Å². The van der Waals surface area contributed by atoms with Crippen molar-refractivity contribution in [3.05, 3.63) is 70.6 Å². The van der Waals surface area contributed by atoms with Crippen molar-refractivity contribution in [3.8, 4) is 28.4 Å². The van der Waals surface area contributed by atoms with E-state index in [4.69, 9.17) is 14.2 Å². The highest BCUT2D eigenvalue weighted by Gasteiger charge is 2.21. The number of hydrogen-bond donors (Lipinski definition) is 1. The second kappa shape index (κ2) is 7.93. The SMILES string of the molecule is O=c1nc(OCC2COCCO2)cc2n1CCc1cc(-c3cc4ccccc4[nH]3)ccc1-2. The zero-order chi connectivity index (χ0) is 21.5. The molecule has 2 aliphatic rings. The van der Waals surface area contributed by atoms with Crippen molar-refractivity contribution in [1.82, 2.24) is 14.5 Å². The Balaban J connectivity index is 1.32. The monoisotopic (exact) mass is 429 g/mol. The number of hydrogen-bond acceptors (Lipinski definition) is 5. The Bertz CT molecular complexity index is 1320. The molecule has 7 nitrogen and oxygen atoms in total. The first kappa shape index (κ1) is 19.3. The van der Waals surface area contributed by atoms with Gasteiger partial charge in [-0.3, -0.25) is 4.57 Å². The summed E-state index contributed by atoms with van der Waals surface area (Å²) in [6, 6.07) is 18.7. The Morgan fingerprint density at radius 1 is 1.12 bits per heavy atom. The van der Waals surface area contributed by atoms with E-state index in [0.29, 0.717) is 38.9 Å². The molecule has 6 rings (SSSR count). The van der Waals surface area contributed by atoms with Gasteiger partial charge >= 0.3 is 5.69 Å². The van der Waals surface area contributed by atoms with Gasteiger partial charge in [-0.15, -0.1) is 0 Å². The molecule has 0 amide bonds. The second-order valence-electron chi connectivity index (χ2n) is 8.18. The molecular formula is C25H23N3O4. The molecule has 1 atom stereocenters. The average Bonchev–Trinajstić information content (AvgIpc) is 3.27. The smallest absolute Gasteiger partial charge is 0.351 e. The molecule has 0 aliphatic carbocycles. The average molecular weight is 429 g/mol. The summed E-state index contributed by atoms with van der Waals surface area (Å²) < 4.78 is 18.5. The number of para-hydroxylation sites is 1. The summed E-state index contributed by atoms with van der Waals surface area (Å²) in [5.41, 5.74) is 6.15. The number of ether oxygens (including phenoxy) is 3. The fourth-order valence-corrected chi connectivity index (χ4v) is 4.49. The summed E-state index contributed by atoms with van der Waals surface area (Å²) in [7, 11) is 0. The molecule has 2 aromatic heterocycles. The van der Waals surface area contributed by atoms with E-state index in [2.05, 4.69) is 46.4 Å². The first-order valence-corrected chi connectivity index (χ1v) is 10.9. The van der Waals surface area contributed by atoms with E-state index >= 15 is 0 Å². The van der Waals surface area contributed by atoms with Gasteiger partial charge in [0.1, 0.15) is 12.7 Å². The van der Waals surface area contributed by atoms with E-state index in [-0.39, 0.29) is 11.8 Å². The summed E-state index contributed by atoms with van der Waals surface area (Å²) in [4.78, 5) is 20.3. The molecule has 4 heterocycles. The molecule has 1 N–H and O–H groups in total. The number of aromatic nitrogens is 3. The lowest BCUT2D eigenvalue weighted by Gasteiger charge is -2.24. The van der Waals surface area contributed by atoms with Crippen LogP contribution in [-0.4, -0.2) is 47.1 Å². The zero-order valence-corrected chi connectivity index (χ0v) is 17.5. The van der Waals surface area contributed by atoms with Crippen LogP contribution in [-0.2, 0) is 22.4 Å². The molecule has 32 heavy (non-hydrogen) atoms. The molecule has 0 saturated carbocycles. The number of rotatable bonds is 4. The summed E-state index contributed by atoms with van der Waals surface area (Å²) in [6.07, 6.45) is 0.640. The third kappa shape index (κ3) is 3.49. The van der Waals surface area contributed by atoms with Crippen LogP contribution in [0, 0.1) is 0 Å². The Kier molecular flexibility index (Phi) is 4.78. The molecular weight excluding hydrogens is 406 g/mol. The highest BCUT2D eigenvalue weighted by Crippen LogP contribution is 2.33. The minimum atomic E-state index is -0.288. The standard InChI is InChI=1S/C25H23N3O4/c29-25-27-24(32-15-19-14-30-9-10-31-19)13-23-20-6-5-18(11-16(20)7-8-28(23)25)22-12-17-3-1-2-4-21(17)26-22/h1-6,11-13,19,26H,7-10,14-15H2. The second-order valence-corrected chi connectivity index (χ2v) is 8.18. The van der Waals surface area contributed by atoms with E-state index in [1.54, 1.807) is 4.57 Å². The van der Waals surface area contributed by atoms with Gasteiger partial charge in [0.2, 0.25) is 5.88 Å². The zero-order valence-electron chi connectivity index (χ0n) is 17.5. The minimum Gasteiger partial charge on any atom is -0.475 e. The van der Waals surface area contributed by atoms with E-state index < -0.39 is 0 Å². The van der Waals surface area contributed by atoms with Crippen molar-refractivity contribution >= 4 is 10.9 Å². The van der Waals surface area contributed by atoms with Crippen molar-refractivity contribution in [1.29, 1.82) is 0 Å². The van der Waals surface area contributed by atoms with E-state index in [1.165, 1.54) is 10.9 Å². The molecule has 7 heteroatoms. The lowest BCUT2D eigenvalue weighted by Crippen LogP contribution is -2.34. The van der Waals surface area contributed by atoms with Gasteiger partial charge < -0.3 is 19.2 Å². The number of aryl methyl sites for hydroxylation is 1. The highest BCUT2D eigenvalue weighted by atomic mass is 16.6. The molecule has 1 fully saturated rings. The first-order chi connectivity index (χ1) is 15.7. The fraction of sp³-hybridized carbons (Fsp3) is 0.280. The maximum Gasteiger partial charge on any atom is 0.351 e. The summed E-state index contributed by atoms with van der Waals surface area (Å²) in [5, 5.41) is 1.19. The van der Waals surface area contributed by atoms with Crippen LogP contribution in [0.25, 0.3) is 33.4 Å². The normalized spacial score (nSPS) is 17.7. The Morgan fingerprint density at radius 2 is 2.06 bits per heavy atom. The van der Waals surface area contributed by atoms with Crippen LogP contribution >= 0.6 is 0 Å². The molecule has 1 saturated heterocycles. The number of aromatic amines is 1. The largest absolute Gasteiger partial charge is 0.475 e. The maximum atomic E-state index is 12.6. The van der Waals surface area contributed by atoms with Crippen LogP contribution in [0.1, 0.15) is 5.56 Å².